The third-order valence-corrected chi connectivity index (χ3v) is 5.28. The zero-order chi connectivity index (χ0) is 21.3. The van der Waals surface area contributed by atoms with Crippen LogP contribution in [-0.2, 0) is 10.2 Å². The average Bonchev–Trinajstić information content (AvgIpc) is 3.42. The number of benzene rings is 1. The van der Waals surface area contributed by atoms with E-state index < -0.39 is 0 Å². The molecule has 30 heavy (non-hydrogen) atoms. The van der Waals surface area contributed by atoms with Gasteiger partial charge in [0.15, 0.2) is 0 Å². The van der Waals surface area contributed by atoms with Gasteiger partial charge in [-0.25, -0.2) is 4.68 Å². The maximum Gasteiger partial charge on any atom is 0.239 e. The molecule has 0 aliphatic carbocycles. The molecular weight excluding hydrogens is 380 g/mol. The Kier molecular flexibility index (Phi) is 5.42. The van der Waals surface area contributed by atoms with Gasteiger partial charge < -0.3 is 9.73 Å². The van der Waals surface area contributed by atoms with Crippen LogP contribution in [0.25, 0.3) is 5.69 Å². The molecule has 2 aromatic heterocycles. The lowest BCUT2D eigenvalue weighted by atomic mass is 9.92. The van der Waals surface area contributed by atoms with E-state index in [-0.39, 0.29) is 23.9 Å². The Morgan fingerprint density at radius 3 is 2.67 bits per heavy atom. The summed E-state index contributed by atoms with van der Waals surface area (Å²) in [7, 11) is 0. The van der Waals surface area contributed by atoms with Crippen molar-refractivity contribution in [3.05, 3.63) is 53.9 Å². The SMILES string of the molecule is Cc1nnc([C@@H]2CCCN2CC(=O)Nc2cc(C(C)(C)C)nn2-c2ccccc2)o1. The third kappa shape index (κ3) is 4.28. The van der Waals surface area contributed by atoms with E-state index >= 15 is 0 Å². The predicted octanol–water partition coefficient (Wildman–Crippen LogP) is 3.64. The minimum absolute atomic E-state index is 0.0129. The molecule has 3 aromatic rings. The molecule has 1 aromatic carbocycles. The Hall–Kier alpha value is -3.00. The van der Waals surface area contributed by atoms with Gasteiger partial charge >= 0.3 is 0 Å². The molecule has 1 atom stereocenters. The predicted molar refractivity (Wildman–Crippen MR) is 113 cm³/mol. The van der Waals surface area contributed by atoms with Crippen LogP contribution in [0.15, 0.2) is 40.8 Å². The maximum absolute atomic E-state index is 12.9. The molecule has 1 fully saturated rings. The van der Waals surface area contributed by atoms with Crippen LogP contribution in [0.5, 0.6) is 0 Å². The molecule has 158 valence electrons. The van der Waals surface area contributed by atoms with Crippen molar-refractivity contribution in [1.82, 2.24) is 24.9 Å². The number of amides is 1. The second kappa shape index (κ2) is 8.02. The molecule has 1 saturated heterocycles. The molecule has 8 nitrogen and oxygen atoms in total. The van der Waals surface area contributed by atoms with Crippen LogP contribution in [0, 0.1) is 6.92 Å². The van der Waals surface area contributed by atoms with Crippen LogP contribution < -0.4 is 5.32 Å². The highest BCUT2D eigenvalue weighted by atomic mass is 16.4. The van der Waals surface area contributed by atoms with E-state index in [0.717, 1.165) is 30.8 Å². The molecule has 0 unspecified atom stereocenters. The van der Waals surface area contributed by atoms with Gasteiger partial charge in [-0.05, 0) is 31.5 Å². The molecule has 0 spiro atoms. The monoisotopic (exact) mass is 408 g/mol. The first-order valence-corrected chi connectivity index (χ1v) is 10.3. The normalized spacial score (nSPS) is 17.4. The van der Waals surface area contributed by atoms with Gasteiger partial charge in [0.05, 0.1) is 24.0 Å². The van der Waals surface area contributed by atoms with E-state index in [1.54, 1.807) is 11.6 Å². The number of carbonyl (C=O) groups is 1. The molecular formula is C22H28N6O2. The summed E-state index contributed by atoms with van der Waals surface area (Å²) < 4.78 is 7.40. The molecule has 4 rings (SSSR count). The second-order valence-corrected chi connectivity index (χ2v) is 8.75. The number of likely N-dealkylation sites (tertiary alicyclic amines) is 1. The number of hydrogen-bond donors (Lipinski definition) is 1. The maximum atomic E-state index is 12.9. The fourth-order valence-corrected chi connectivity index (χ4v) is 3.71. The first-order valence-electron chi connectivity index (χ1n) is 10.3. The van der Waals surface area contributed by atoms with E-state index in [9.17, 15) is 4.79 Å². The summed E-state index contributed by atoms with van der Waals surface area (Å²) in [6.45, 7) is 9.19. The number of hydrogen-bond acceptors (Lipinski definition) is 6. The lowest BCUT2D eigenvalue weighted by Gasteiger charge is -2.21. The largest absolute Gasteiger partial charge is 0.424 e. The fraction of sp³-hybridized carbons (Fsp3) is 0.455. The van der Waals surface area contributed by atoms with Gasteiger partial charge in [0.1, 0.15) is 5.82 Å². The highest BCUT2D eigenvalue weighted by Gasteiger charge is 2.32. The number of nitrogens with zero attached hydrogens (tertiary/aromatic N) is 5. The summed E-state index contributed by atoms with van der Waals surface area (Å²) >= 11 is 0. The highest BCUT2D eigenvalue weighted by molar-refractivity contribution is 5.91. The van der Waals surface area contributed by atoms with Gasteiger partial charge in [-0.2, -0.15) is 5.10 Å². The van der Waals surface area contributed by atoms with Crippen molar-refractivity contribution in [2.24, 2.45) is 0 Å². The van der Waals surface area contributed by atoms with Crippen molar-refractivity contribution < 1.29 is 9.21 Å². The lowest BCUT2D eigenvalue weighted by Crippen LogP contribution is -2.33. The summed E-state index contributed by atoms with van der Waals surface area (Å²) in [5, 5.41) is 15.9. The summed E-state index contributed by atoms with van der Waals surface area (Å²) in [5.41, 5.74) is 1.70. The Labute approximate surface area is 176 Å². The van der Waals surface area contributed by atoms with Gasteiger partial charge in [0.25, 0.3) is 0 Å². The Morgan fingerprint density at radius 2 is 2.00 bits per heavy atom. The zero-order valence-corrected chi connectivity index (χ0v) is 17.9. The quantitative estimate of drug-likeness (QED) is 0.693. The van der Waals surface area contributed by atoms with Crippen LogP contribution in [0.2, 0.25) is 0 Å². The van der Waals surface area contributed by atoms with Gasteiger partial charge in [-0.3, -0.25) is 9.69 Å². The summed E-state index contributed by atoms with van der Waals surface area (Å²) in [6, 6.07) is 11.8. The summed E-state index contributed by atoms with van der Waals surface area (Å²) in [4.78, 5) is 15.0. The zero-order valence-electron chi connectivity index (χ0n) is 17.9. The second-order valence-electron chi connectivity index (χ2n) is 8.75. The standard InChI is InChI=1S/C22H28N6O2/c1-15-24-25-21(30-15)17-11-8-12-27(17)14-20(29)23-19-13-18(22(2,3)4)26-28(19)16-9-6-5-7-10-16/h5-7,9-10,13,17H,8,11-12,14H2,1-4H3,(H,23,29)/t17-/m0/s1. The number of anilines is 1. The molecule has 1 aliphatic rings. The van der Waals surface area contributed by atoms with Gasteiger partial charge in [-0.1, -0.05) is 39.0 Å². The van der Waals surface area contributed by atoms with E-state index in [0.29, 0.717) is 17.6 Å². The minimum atomic E-state index is -0.130. The topological polar surface area (TPSA) is 89.1 Å². The Balaban J connectivity index is 1.53. The Morgan fingerprint density at radius 1 is 1.23 bits per heavy atom. The van der Waals surface area contributed by atoms with Crippen LogP contribution in [0.1, 0.15) is 57.1 Å². The van der Waals surface area contributed by atoms with E-state index in [1.165, 1.54) is 0 Å². The van der Waals surface area contributed by atoms with E-state index in [1.807, 2.05) is 36.4 Å². The van der Waals surface area contributed by atoms with Crippen molar-refractivity contribution in [3.63, 3.8) is 0 Å². The molecule has 1 aliphatic heterocycles. The smallest absolute Gasteiger partial charge is 0.239 e. The number of para-hydroxylation sites is 1. The molecule has 0 radical (unpaired) electrons. The van der Waals surface area contributed by atoms with E-state index in [2.05, 4.69) is 41.2 Å². The number of aromatic nitrogens is 4. The van der Waals surface area contributed by atoms with Crippen molar-refractivity contribution in [3.8, 4) is 5.69 Å². The first-order chi connectivity index (χ1) is 14.3. The van der Waals surface area contributed by atoms with Crippen LogP contribution >= 0.6 is 0 Å². The average molecular weight is 409 g/mol. The number of nitrogens with one attached hydrogen (secondary N) is 1. The Bertz CT molecular complexity index is 1020. The van der Waals surface area contributed by atoms with Gasteiger partial charge in [0, 0.05) is 18.4 Å². The number of aryl methyl sites for hydroxylation is 1. The highest BCUT2D eigenvalue weighted by Crippen LogP contribution is 2.31. The first kappa shape index (κ1) is 20.3. The molecule has 1 amide bonds. The van der Waals surface area contributed by atoms with Crippen LogP contribution in [-0.4, -0.2) is 43.9 Å². The number of carbonyl (C=O) groups excluding carboxylic acids is 1. The summed E-state index contributed by atoms with van der Waals surface area (Å²) in [5.74, 6) is 1.71. The fourth-order valence-electron chi connectivity index (χ4n) is 3.71. The van der Waals surface area contributed by atoms with Crippen molar-refractivity contribution in [2.75, 3.05) is 18.4 Å². The van der Waals surface area contributed by atoms with Crippen molar-refractivity contribution in [1.29, 1.82) is 0 Å². The molecule has 3 heterocycles. The number of rotatable bonds is 5. The van der Waals surface area contributed by atoms with Crippen molar-refractivity contribution >= 4 is 11.7 Å². The van der Waals surface area contributed by atoms with Gasteiger partial charge in [0.2, 0.25) is 17.7 Å². The van der Waals surface area contributed by atoms with Gasteiger partial charge in [-0.15, -0.1) is 10.2 Å². The summed E-state index contributed by atoms with van der Waals surface area (Å²) in [6.07, 6.45) is 1.90. The molecule has 0 saturated carbocycles. The van der Waals surface area contributed by atoms with Crippen LogP contribution in [0.3, 0.4) is 0 Å². The van der Waals surface area contributed by atoms with Crippen molar-refractivity contribution in [2.45, 2.75) is 52.0 Å². The molecule has 8 heteroatoms. The third-order valence-electron chi connectivity index (χ3n) is 5.28. The molecule has 0 bridgehead atoms. The van der Waals surface area contributed by atoms with E-state index in [4.69, 9.17) is 9.52 Å². The molecule has 1 N–H and O–H groups in total. The lowest BCUT2D eigenvalue weighted by molar-refractivity contribution is -0.117. The minimum Gasteiger partial charge on any atom is -0.424 e. The van der Waals surface area contributed by atoms with Crippen LogP contribution in [0.4, 0.5) is 5.82 Å².